The Morgan fingerprint density at radius 1 is 1.12 bits per heavy atom. The molecule has 0 unspecified atom stereocenters. The maximum Gasteiger partial charge on any atom is 0.257 e. The Bertz CT molecular complexity index is 946. The number of benzene rings is 2. The molecule has 3 aromatic rings. The molecule has 132 valence electrons. The van der Waals surface area contributed by atoms with Crippen LogP contribution in [-0.4, -0.2) is 29.3 Å². The van der Waals surface area contributed by atoms with Crippen molar-refractivity contribution in [3.05, 3.63) is 53.1 Å². The number of carbonyl (C=O) groups excluding carboxylic acids is 1. The molecule has 0 fully saturated rings. The Labute approximate surface area is 158 Å². The molecule has 2 heterocycles. The molecule has 1 aliphatic rings. The second-order valence-electron chi connectivity index (χ2n) is 5.57. The molecule has 0 aliphatic carbocycles. The molecule has 4 rings (SSSR count). The van der Waals surface area contributed by atoms with Crippen molar-refractivity contribution < 1.29 is 14.3 Å². The van der Waals surface area contributed by atoms with Gasteiger partial charge in [-0.05, 0) is 12.1 Å². The molecule has 8 heteroatoms. The Morgan fingerprint density at radius 2 is 1.92 bits per heavy atom. The third-order valence-corrected chi connectivity index (χ3v) is 4.90. The fourth-order valence-electron chi connectivity index (χ4n) is 2.50. The second-order valence-corrected chi connectivity index (χ2v) is 6.95. The van der Waals surface area contributed by atoms with Crippen LogP contribution in [0.15, 0.2) is 42.5 Å². The van der Waals surface area contributed by atoms with Gasteiger partial charge in [0, 0.05) is 17.5 Å². The van der Waals surface area contributed by atoms with Crippen LogP contribution < -0.4 is 14.8 Å². The van der Waals surface area contributed by atoms with Gasteiger partial charge in [-0.2, -0.15) is 0 Å². The van der Waals surface area contributed by atoms with Gasteiger partial charge in [-0.15, -0.1) is 10.2 Å². The molecule has 1 amide bonds. The fraction of sp³-hybridized carbons (Fsp3) is 0.167. The predicted octanol–water partition coefficient (Wildman–Crippen LogP) is 4.27. The summed E-state index contributed by atoms with van der Waals surface area (Å²) in [5.41, 5.74) is 1.32. The van der Waals surface area contributed by atoms with Crippen LogP contribution in [-0.2, 0) is 0 Å². The van der Waals surface area contributed by atoms with Gasteiger partial charge < -0.3 is 9.47 Å². The maximum absolute atomic E-state index is 12.6. The van der Waals surface area contributed by atoms with Gasteiger partial charge in [0.05, 0.1) is 18.2 Å². The molecule has 0 saturated heterocycles. The Balaban J connectivity index is 1.55. The van der Waals surface area contributed by atoms with E-state index in [0.29, 0.717) is 40.4 Å². The quantitative estimate of drug-likeness (QED) is 0.726. The van der Waals surface area contributed by atoms with Crippen LogP contribution >= 0.6 is 22.9 Å². The minimum atomic E-state index is -0.335. The van der Waals surface area contributed by atoms with Gasteiger partial charge in [-0.3, -0.25) is 10.1 Å². The van der Waals surface area contributed by atoms with Crippen molar-refractivity contribution in [2.75, 3.05) is 18.5 Å². The van der Waals surface area contributed by atoms with Crippen molar-refractivity contribution in [3.8, 4) is 22.1 Å². The summed E-state index contributed by atoms with van der Waals surface area (Å²) in [5, 5.41) is 12.4. The molecule has 2 aromatic carbocycles. The van der Waals surface area contributed by atoms with Crippen molar-refractivity contribution >= 4 is 34.0 Å². The molecule has 6 nitrogen and oxygen atoms in total. The summed E-state index contributed by atoms with van der Waals surface area (Å²) < 4.78 is 11.2. The smallest absolute Gasteiger partial charge is 0.257 e. The van der Waals surface area contributed by atoms with Crippen molar-refractivity contribution in [1.29, 1.82) is 0 Å². The lowest BCUT2D eigenvalue weighted by molar-refractivity contribution is 0.102. The van der Waals surface area contributed by atoms with Crippen molar-refractivity contribution in [2.24, 2.45) is 0 Å². The van der Waals surface area contributed by atoms with E-state index < -0.39 is 0 Å². The summed E-state index contributed by atoms with van der Waals surface area (Å²) >= 11 is 7.54. The molecule has 0 radical (unpaired) electrons. The van der Waals surface area contributed by atoms with E-state index in [9.17, 15) is 4.79 Å². The number of nitrogens with one attached hydrogen (secondary N) is 1. The zero-order chi connectivity index (χ0) is 17.9. The first-order chi connectivity index (χ1) is 12.7. The third kappa shape index (κ3) is 3.49. The number of carbonyl (C=O) groups is 1. The number of amides is 1. The largest absolute Gasteiger partial charge is 0.489 e. The number of fused-ring (bicyclic) bond motifs is 1. The topological polar surface area (TPSA) is 73.3 Å². The highest BCUT2D eigenvalue weighted by Crippen LogP contribution is 2.38. The highest BCUT2D eigenvalue weighted by molar-refractivity contribution is 7.18. The van der Waals surface area contributed by atoms with Crippen molar-refractivity contribution in [3.63, 3.8) is 0 Å². The van der Waals surface area contributed by atoms with Gasteiger partial charge in [0.15, 0.2) is 11.5 Å². The van der Waals surface area contributed by atoms with E-state index in [4.69, 9.17) is 21.1 Å². The van der Waals surface area contributed by atoms with Crippen LogP contribution in [0.2, 0.25) is 5.02 Å². The van der Waals surface area contributed by atoms with E-state index in [2.05, 4.69) is 15.5 Å². The Morgan fingerprint density at radius 3 is 2.77 bits per heavy atom. The van der Waals surface area contributed by atoms with Crippen molar-refractivity contribution in [2.45, 2.75) is 6.42 Å². The normalized spacial score (nSPS) is 13.1. The molecule has 1 aromatic heterocycles. The van der Waals surface area contributed by atoms with E-state index in [1.54, 1.807) is 12.1 Å². The van der Waals surface area contributed by atoms with Crippen LogP contribution in [0.4, 0.5) is 5.13 Å². The minimum Gasteiger partial charge on any atom is -0.489 e. The summed E-state index contributed by atoms with van der Waals surface area (Å²) in [5.74, 6) is 0.615. The summed E-state index contributed by atoms with van der Waals surface area (Å²) in [6.45, 7) is 1.05. The van der Waals surface area contributed by atoms with Crippen LogP contribution in [0, 0.1) is 0 Å². The number of anilines is 1. The molecule has 0 atom stereocenters. The number of aromatic nitrogens is 2. The molecule has 0 spiro atoms. The standard InChI is InChI=1S/C18H14ClN3O3S/c19-13-9-12(10-14-15(13)25-8-4-7-24-14)16(23)20-18-22-21-17(26-18)11-5-2-1-3-6-11/h1-3,5-6,9-10H,4,7-8H2,(H,20,22,23). The molecular weight excluding hydrogens is 374 g/mol. The van der Waals surface area contributed by atoms with E-state index in [-0.39, 0.29) is 5.91 Å². The molecule has 0 saturated carbocycles. The first-order valence-corrected chi connectivity index (χ1v) is 9.19. The number of hydrogen-bond donors (Lipinski definition) is 1. The average molecular weight is 388 g/mol. The first-order valence-electron chi connectivity index (χ1n) is 8.00. The summed E-state index contributed by atoms with van der Waals surface area (Å²) in [6, 6.07) is 12.8. The monoisotopic (exact) mass is 387 g/mol. The summed E-state index contributed by atoms with van der Waals surface area (Å²) in [4.78, 5) is 12.6. The molecule has 26 heavy (non-hydrogen) atoms. The fourth-order valence-corrected chi connectivity index (χ4v) is 3.51. The second kappa shape index (κ2) is 7.31. The molecular formula is C18H14ClN3O3S. The molecule has 0 bridgehead atoms. The number of ether oxygens (including phenoxy) is 2. The van der Waals surface area contributed by atoms with Gasteiger partial charge in [0.2, 0.25) is 5.13 Å². The lowest BCUT2D eigenvalue weighted by Gasteiger charge is -2.11. The van der Waals surface area contributed by atoms with E-state index in [1.807, 2.05) is 30.3 Å². The van der Waals surface area contributed by atoms with E-state index in [0.717, 1.165) is 17.0 Å². The molecule has 1 N–H and O–H groups in total. The van der Waals surface area contributed by atoms with Gasteiger partial charge >= 0.3 is 0 Å². The number of rotatable bonds is 3. The van der Waals surface area contributed by atoms with E-state index >= 15 is 0 Å². The Hall–Kier alpha value is -2.64. The third-order valence-electron chi connectivity index (χ3n) is 3.73. The lowest BCUT2D eigenvalue weighted by Crippen LogP contribution is -2.12. The zero-order valence-corrected chi connectivity index (χ0v) is 15.1. The summed E-state index contributed by atoms with van der Waals surface area (Å²) in [6.07, 6.45) is 0.763. The number of nitrogens with zero attached hydrogens (tertiary/aromatic N) is 2. The van der Waals surface area contributed by atoms with Gasteiger partial charge in [0.1, 0.15) is 5.01 Å². The molecule has 1 aliphatic heterocycles. The van der Waals surface area contributed by atoms with Crippen molar-refractivity contribution in [1.82, 2.24) is 10.2 Å². The van der Waals surface area contributed by atoms with Gasteiger partial charge in [-0.25, -0.2) is 0 Å². The highest BCUT2D eigenvalue weighted by Gasteiger charge is 2.19. The van der Waals surface area contributed by atoms with Crippen LogP contribution in [0.3, 0.4) is 0 Å². The van der Waals surface area contributed by atoms with Crippen LogP contribution in [0.1, 0.15) is 16.8 Å². The number of hydrogen-bond acceptors (Lipinski definition) is 6. The summed E-state index contributed by atoms with van der Waals surface area (Å²) in [7, 11) is 0. The number of halogens is 1. The van der Waals surface area contributed by atoms with Crippen LogP contribution in [0.5, 0.6) is 11.5 Å². The van der Waals surface area contributed by atoms with Gasteiger partial charge in [-0.1, -0.05) is 53.3 Å². The first kappa shape index (κ1) is 16.8. The highest BCUT2D eigenvalue weighted by atomic mass is 35.5. The SMILES string of the molecule is O=C(Nc1nnc(-c2ccccc2)s1)c1cc(Cl)c2c(c1)OCCCO2. The average Bonchev–Trinajstić information content (AvgIpc) is 2.98. The van der Waals surface area contributed by atoms with Gasteiger partial charge in [0.25, 0.3) is 5.91 Å². The van der Waals surface area contributed by atoms with Crippen LogP contribution in [0.25, 0.3) is 10.6 Å². The zero-order valence-electron chi connectivity index (χ0n) is 13.6. The van der Waals surface area contributed by atoms with E-state index in [1.165, 1.54) is 11.3 Å². The minimum absolute atomic E-state index is 0.335. The lowest BCUT2D eigenvalue weighted by atomic mass is 10.2. The Kier molecular flexibility index (Phi) is 4.73. The maximum atomic E-state index is 12.6. The predicted molar refractivity (Wildman–Crippen MR) is 100 cm³/mol.